The first-order valence-corrected chi connectivity index (χ1v) is 14.3. The van der Waals surface area contributed by atoms with Crippen LogP contribution in [0.1, 0.15) is 70.2 Å². The molecule has 0 aliphatic rings. The number of para-hydroxylation sites is 1. The molecule has 4 nitrogen and oxygen atoms in total. The van der Waals surface area contributed by atoms with Crippen LogP contribution in [0.15, 0.2) is 89.4 Å². The van der Waals surface area contributed by atoms with Gasteiger partial charge < -0.3 is 9.47 Å². The number of hydrogen-bond acceptors (Lipinski definition) is 4. The third-order valence-corrected chi connectivity index (χ3v) is 6.11. The van der Waals surface area contributed by atoms with Crippen LogP contribution in [-0.4, -0.2) is 18.8 Å². The summed E-state index contributed by atoms with van der Waals surface area (Å²) in [4.78, 5) is 15.8. The van der Waals surface area contributed by atoms with Gasteiger partial charge in [0.05, 0.1) is 5.69 Å². The second kappa shape index (κ2) is 19.2. The van der Waals surface area contributed by atoms with Gasteiger partial charge in [0, 0.05) is 23.4 Å². The van der Waals surface area contributed by atoms with E-state index in [1.807, 2.05) is 103 Å². The third-order valence-electron chi connectivity index (χ3n) is 6.11. The molecule has 0 radical (unpaired) electrons. The lowest BCUT2D eigenvalue weighted by Gasteiger charge is -2.15. The number of hydrogen-bond donors (Lipinski definition) is 0. The summed E-state index contributed by atoms with van der Waals surface area (Å²) in [5, 5.41) is 0. The summed E-state index contributed by atoms with van der Waals surface area (Å²) < 4.78 is 12.0. The fourth-order valence-corrected chi connectivity index (χ4v) is 3.87. The Balaban J connectivity index is 0.00000191. The van der Waals surface area contributed by atoms with Crippen LogP contribution >= 0.6 is 0 Å². The summed E-state index contributed by atoms with van der Waals surface area (Å²) >= 11 is 0. The zero-order chi connectivity index (χ0) is 29.9. The maximum absolute atomic E-state index is 11.3. The lowest BCUT2D eigenvalue weighted by Crippen LogP contribution is -2.05. The second-order valence-corrected chi connectivity index (χ2v) is 9.25. The Morgan fingerprint density at radius 3 is 2.17 bits per heavy atom. The van der Waals surface area contributed by atoms with E-state index in [-0.39, 0.29) is 5.92 Å². The van der Waals surface area contributed by atoms with Gasteiger partial charge in [-0.25, -0.2) is 4.79 Å². The van der Waals surface area contributed by atoms with Crippen LogP contribution < -0.4 is 9.47 Å². The standard InChI is InChI=1S/C32H35NO3.2C2H6/c1-23(2)27(20-34)16-17-31-25(4)11-8-12-28(31)22-36-30-14-9-13-29(18-30)35-21-24(3)19-33-32-15-7-6-10-26(32)5;2*1-2/h6-15,18-19,23H,3,16-17,21-22H2,1-2,4-5H3;2*1-2H3. The Bertz CT molecular complexity index is 1270. The van der Waals surface area contributed by atoms with Gasteiger partial charge in [-0.3, -0.25) is 4.99 Å². The van der Waals surface area contributed by atoms with Crippen molar-refractivity contribution in [3.05, 3.63) is 107 Å². The lowest BCUT2D eigenvalue weighted by molar-refractivity contribution is 0.300. The van der Waals surface area contributed by atoms with E-state index in [9.17, 15) is 4.79 Å². The van der Waals surface area contributed by atoms with Gasteiger partial charge in [0.1, 0.15) is 30.7 Å². The molecule has 0 saturated heterocycles. The molecule has 3 rings (SSSR count). The Kier molecular flexibility index (Phi) is 16.4. The molecule has 0 aliphatic heterocycles. The highest BCUT2D eigenvalue weighted by molar-refractivity contribution is 5.81. The van der Waals surface area contributed by atoms with Crippen LogP contribution in [0.3, 0.4) is 0 Å². The minimum atomic E-state index is 0.207. The van der Waals surface area contributed by atoms with E-state index in [4.69, 9.17) is 9.47 Å². The summed E-state index contributed by atoms with van der Waals surface area (Å²) in [6.07, 6.45) is 3.25. The highest BCUT2D eigenvalue weighted by Crippen LogP contribution is 2.24. The monoisotopic (exact) mass is 541 g/mol. The average molecular weight is 542 g/mol. The largest absolute Gasteiger partial charge is 0.489 e. The number of nitrogens with zero attached hydrogens (tertiary/aromatic N) is 1. The maximum atomic E-state index is 11.3. The molecule has 0 spiro atoms. The van der Waals surface area contributed by atoms with E-state index < -0.39 is 0 Å². The number of carbonyl (C=O) groups excluding carboxylic acids is 1. The molecule has 0 N–H and O–H groups in total. The van der Waals surface area contributed by atoms with Crippen molar-refractivity contribution in [1.82, 2.24) is 0 Å². The van der Waals surface area contributed by atoms with Crippen LogP contribution in [-0.2, 0) is 17.8 Å². The normalized spacial score (nSPS) is 10.1. The maximum Gasteiger partial charge on any atom is 0.123 e. The number of benzene rings is 3. The van der Waals surface area contributed by atoms with Crippen molar-refractivity contribution in [3.63, 3.8) is 0 Å². The minimum absolute atomic E-state index is 0.207. The van der Waals surface area contributed by atoms with Crippen molar-refractivity contribution in [2.45, 2.75) is 74.8 Å². The van der Waals surface area contributed by atoms with Crippen LogP contribution in [0, 0.1) is 19.8 Å². The molecule has 0 aromatic heterocycles. The minimum Gasteiger partial charge on any atom is -0.489 e. The summed E-state index contributed by atoms with van der Waals surface area (Å²) in [6, 6.07) is 21.8. The summed E-state index contributed by atoms with van der Waals surface area (Å²) in [7, 11) is 0. The molecular formula is C36H47NO3. The van der Waals surface area contributed by atoms with Crippen LogP contribution in [0.2, 0.25) is 0 Å². The van der Waals surface area contributed by atoms with E-state index >= 15 is 0 Å². The average Bonchev–Trinajstić information content (AvgIpc) is 2.98. The second-order valence-electron chi connectivity index (χ2n) is 9.25. The Hall–Kier alpha value is -3.88. The third kappa shape index (κ3) is 11.5. The number of ether oxygens (including phenoxy) is 2. The van der Waals surface area contributed by atoms with E-state index in [0.717, 1.165) is 40.1 Å². The molecular weight excluding hydrogens is 494 g/mol. The quantitative estimate of drug-likeness (QED) is 0.169. The molecule has 40 heavy (non-hydrogen) atoms. The zero-order valence-electron chi connectivity index (χ0n) is 25.7. The van der Waals surface area contributed by atoms with Gasteiger partial charge in [-0.1, -0.05) is 90.6 Å². The van der Waals surface area contributed by atoms with Crippen molar-refractivity contribution in [3.8, 4) is 11.5 Å². The molecule has 0 aliphatic carbocycles. The predicted molar refractivity (Wildman–Crippen MR) is 171 cm³/mol. The molecule has 0 saturated carbocycles. The number of aryl methyl sites for hydroxylation is 2. The highest BCUT2D eigenvalue weighted by Gasteiger charge is 2.11. The van der Waals surface area contributed by atoms with Crippen molar-refractivity contribution >= 4 is 17.8 Å². The zero-order valence-corrected chi connectivity index (χ0v) is 25.7. The van der Waals surface area contributed by atoms with Gasteiger partial charge in [0.25, 0.3) is 0 Å². The highest BCUT2D eigenvalue weighted by atomic mass is 16.5. The van der Waals surface area contributed by atoms with Crippen molar-refractivity contribution in [2.75, 3.05) is 6.61 Å². The first-order valence-electron chi connectivity index (χ1n) is 14.3. The molecule has 214 valence electrons. The number of allylic oxidation sites excluding steroid dienone is 1. The van der Waals surface area contributed by atoms with Crippen LogP contribution in [0.5, 0.6) is 11.5 Å². The first kappa shape index (κ1) is 34.1. The molecule has 3 aromatic carbocycles. The van der Waals surface area contributed by atoms with Crippen molar-refractivity contribution in [2.24, 2.45) is 10.9 Å². The van der Waals surface area contributed by atoms with Gasteiger partial charge in [-0.15, -0.1) is 0 Å². The topological polar surface area (TPSA) is 47.9 Å². The summed E-state index contributed by atoms with van der Waals surface area (Å²) in [6.45, 7) is 21.0. The van der Waals surface area contributed by atoms with Gasteiger partial charge in [-0.05, 0) is 73.1 Å². The van der Waals surface area contributed by atoms with E-state index in [1.54, 1.807) is 6.21 Å². The number of rotatable bonds is 12. The molecule has 0 fully saturated rings. The van der Waals surface area contributed by atoms with Crippen LogP contribution in [0.25, 0.3) is 0 Å². The van der Waals surface area contributed by atoms with Gasteiger partial charge >= 0.3 is 0 Å². The summed E-state index contributed by atoms with van der Waals surface area (Å²) in [5.41, 5.74) is 7.18. The smallest absolute Gasteiger partial charge is 0.123 e. The van der Waals surface area contributed by atoms with E-state index in [1.165, 1.54) is 11.1 Å². The fourth-order valence-electron chi connectivity index (χ4n) is 3.87. The van der Waals surface area contributed by atoms with Gasteiger partial charge in [-0.2, -0.15) is 0 Å². The fraction of sp³-hybridized carbons (Fsp3) is 0.361. The first-order chi connectivity index (χ1) is 19.4. The molecule has 0 atom stereocenters. The SMILES string of the molecule is C=C(C=Nc1ccccc1C)COc1cccc(OCc2cccc(C)c2CCC(=C=O)C(C)C)c1.CC.CC. The predicted octanol–water partition coefficient (Wildman–Crippen LogP) is 9.62. The van der Waals surface area contributed by atoms with Crippen molar-refractivity contribution < 1.29 is 14.3 Å². The van der Waals surface area contributed by atoms with E-state index in [0.29, 0.717) is 25.4 Å². The molecule has 0 unspecified atom stereocenters. The van der Waals surface area contributed by atoms with Gasteiger partial charge in [0.2, 0.25) is 0 Å². The molecule has 3 aromatic rings. The van der Waals surface area contributed by atoms with Crippen molar-refractivity contribution in [1.29, 1.82) is 0 Å². The Morgan fingerprint density at radius 1 is 0.900 bits per heavy atom. The molecule has 0 heterocycles. The van der Waals surface area contributed by atoms with Crippen LogP contribution in [0.4, 0.5) is 5.69 Å². The summed E-state index contributed by atoms with van der Waals surface area (Å²) in [5.74, 6) is 3.77. The lowest BCUT2D eigenvalue weighted by atomic mass is 9.93. The Morgan fingerprint density at radius 2 is 1.52 bits per heavy atom. The van der Waals surface area contributed by atoms with Gasteiger partial charge in [0.15, 0.2) is 0 Å². The van der Waals surface area contributed by atoms with E-state index in [2.05, 4.69) is 36.6 Å². The Labute approximate surface area is 242 Å². The number of aliphatic imine (C=N–C) groups is 1. The molecule has 4 heteroatoms. The molecule has 0 amide bonds. The molecule has 0 bridgehead atoms.